The van der Waals surface area contributed by atoms with Crippen molar-refractivity contribution in [1.29, 1.82) is 0 Å². The lowest BCUT2D eigenvalue weighted by Crippen LogP contribution is -2.28. The average molecular weight is 503 g/mol. The van der Waals surface area contributed by atoms with Gasteiger partial charge in [0.25, 0.3) is 0 Å². The van der Waals surface area contributed by atoms with Gasteiger partial charge in [0.1, 0.15) is 11.3 Å². The summed E-state index contributed by atoms with van der Waals surface area (Å²) in [6.45, 7) is 9.49. The number of hydrogen-bond donors (Lipinski definition) is 2. The Hall–Kier alpha value is -2.72. The summed E-state index contributed by atoms with van der Waals surface area (Å²) in [7, 11) is 3.32. The fraction of sp³-hybridized carbons (Fsp3) is 0.556. The summed E-state index contributed by atoms with van der Waals surface area (Å²) in [6, 6.07) is 1.66. The molecule has 2 N–H and O–H groups in total. The summed E-state index contributed by atoms with van der Waals surface area (Å²) in [6.07, 6.45) is 9.00. The summed E-state index contributed by atoms with van der Waals surface area (Å²) in [5.41, 5.74) is 1.80. The molecule has 0 spiro atoms. The van der Waals surface area contributed by atoms with Crippen LogP contribution in [0.25, 0.3) is 17.1 Å². The van der Waals surface area contributed by atoms with Crippen LogP contribution in [0.1, 0.15) is 57.0 Å². The molecule has 36 heavy (non-hydrogen) atoms. The number of aliphatic hydroxyl groups excluding tert-OH is 1. The molecule has 1 fully saturated rings. The minimum absolute atomic E-state index is 0.0263. The third kappa shape index (κ3) is 6.34. The quantitative estimate of drug-likeness (QED) is 0.344. The number of rotatable bonds is 11. The van der Waals surface area contributed by atoms with Crippen LogP contribution in [0.15, 0.2) is 30.6 Å². The van der Waals surface area contributed by atoms with Gasteiger partial charge in [-0.3, -0.25) is 0 Å². The molecule has 5 atom stereocenters. The fourth-order valence-corrected chi connectivity index (χ4v) is 4.32. The molecular formula is C27H38N2O7. The Bertz CT molecular complexity index is 1120. The molecule has 2 heterocycles. The normalized spacial score (nSPS) is 22.4. The van der Waals surface area contributed by atoms with E-state index in [-0.39, 0.29) is 42.1 Å². The van der Waals surface area contributed by atoms with Gasteiger partial charge in [-0.05, 0) is 33.1 Å². The first kappa shape index (κ1) is 27.9. The zero-order valence-corrected chi connectivity index (χ0v) is 22.1. The third-order valence-electron chi connectivity index (χ3n) is 6.44. The number of benzene rings is 1. The summed E-state index contributed by atoms with van der Waals surface area (Å²) in [4.78, 5) is 16.6. The van der Waals surface area contributed by atoms with Crippen LogP contribution in [0.3, 0.4) is 0 Å². The number of carboxylic acid groups (broad SMARTS) is 1. The number of carboxylic acids is 1. The highest BCUT2D eigenvalue weighted by Gasteiger charge is 2.42. The second-order valence-electron chi connectivity index (χ2n) is 9.86. The lowest BCUT2D eigenvalue weighted by Gasteiger charge is -2.21. The van der Waals surface area contributed by atoms with Crippen LogP contribution in [0.2, 0.25) is 0 Å². The van der Waals surface area contributed by atoms with Crippen LogP contribution < -0.4 is 4.74 Å². The van der Waals surface area contributed by atoms with Crippen LogP contribution >= 0.6 is 0 Å². The van der Waals surface area contributed by atoms with E-state index >= 15 is 0 Å². The predicted octanol–water partition coefficient (Wildman–Crippen LogP) is 4.39. The maximum Gasteiger partial charge on any atom is 0.340 e. The fourth-order valence-electron chi connectivity index (χ4n) is 4.32. The number of nitrogens with zero attached hydrogens (tertiary/aromatic N) is 2. The van der Waals surface area contributed by atoms with Crippen molar-refractivity contribution in [2.75, 3.05) is 13.9 Å². The van der Waals surface area contributed by atoms with Gasteiger partial charge in [-0.25, -0.2) is 9.78 Å². The van der Waals surface area contributed by atoms with E-state index in [1.54, 1.807) is 25.4 Å². The van der Waals surface area contributed by atoms with E-state index in [2.05, 4.69) is 18.0 Å². The highest BCUT2D eigenvalue weighted by molar-refractivity contribution is 6.03. The number of aromatic carboxylic acids is 1. The standard InChI is InChI=1S/C27H38N2O7/c1-16(18(3)30)11-12-17(2)25-21(35-27(4,5)36-25)10-8-9-19-23(26(31)32)22(34-15-33-7)13-20-24(19)28-14-29(20)6/h8-9,11-14,16-18,21,25,30H,10,15H2,1-7H3,(H,31,32)/b9-8+,12-11-/t16-,17?,18+,21+,25-/m1/s1. The van der Waals surface area contributed by atoms with Gasteiger partial charge in [0.05, 0.1) is 35.7 Å². The van der Waals surface area contributed by atoms with Crippen molar-refractivity contribution in [2.24, 2.45) is 18.9 Å². The predicted molar refractivity (Wildman–Crippen MR) is 137 cm³/mol. The maximum atomic E-state index is 12.2. The lowest BCUT2D eigenvalue weighted by atomic mass is 9.94. The molecule has 2 aromatic rings. The van der Waals surface area contributed by atoms with Gasteiger partial charge in [-0.15, -0.1) is 0 Å². The number of aliphatic hydroxyl groups is 1. The molecule has 9 heteroatoms. The third-order valence-corrected chi connectivity index (χ3v) is 6.44. The van der Waals surface area contributed by atoms with E-state index in [4.69, 9.17) is 18.9 Å². The lowest BCUT2D eigenvalue weighted by molar-refractivity contribution is -0.148. The minimum atomic E-state index is -1.11. The van der Waals surface area contributed by atoms with Gasteiger partial charge in [0.15, 0.2) is 12.6 Å². The molecule has 9 nitrogen and oxygen atoms in total. The average Bonchev–Trinajstić information content (AvgIpc) is 3.33. The first-order chi connectivity index (χ1) is 16.9. The molecule has 1 saturated heterocycles. The second-order valence-corrected chi connectivity index (χ2v) is 9.86. The van der Waals surface area contributed by atoms with E-state index in [0.717, 1.165) is 5.52 Å². The number of fused-ring (bicyclic) bond motifs is 1. The smallest absolute Gasteiger partial charge is 0.340 e. The van der Waals surface area contributed by atoms with Gasteiger partial charge < -0.3 is 33.7 Å². The Morgan fingerprint density at radius 2 is 2.00 bits per heavy atom. The summed E-state index contributed by atoms with van der Waals surface area (Å²) < 4.78 is 24.8. The highest BCUT2D eigenvalue weighted by atomic mass is 16.8. The molecule has 1 aliphatic heterocycles. The number of aryl methyl sites for hydroxylation is 1. The molecule has 0 aliphatic carbocycles. The Morgan fingerprint density at radius 1 is 1.28 bits per heavy atom. The molecule has 0 radical (unpaired) electrons. The van der Waals surface area contributed by atoms with Crippen molar-refractivity contribution in [3.63, 3.8) is 0 Å². The molecule has 0 bridgehead atoms. The SMILES string of the molecule is COCOc1cc2c(ncn2C)c(/C=C/C[C@@H]2OC(C)(C)O[C@@H]2C(C)/C=C\[C@@H](C)[C@H](C)O)c1C(=O)O. The Kier molecular flexibility index (Phi) is 8.94. The highest BCUT2D eigenvalue weighted by Crippen LogP contribution is 2.36. The minimum Gasteiger partial charge on any atom is -0.478 e. The van der Waals surface area contributed by atoms with Gasteiger partial charge in [-0.1, -0.05) is 38.2 Å². The van der Waals surface area contributed by atoms with E-state index in [1.165, 1.54) is 7.11 Å². The molecule has 3 rings (SSSR count). The molecule has 1 aromatic heterocycles. The van der Waals surface area contributed by atoms with Crippen molar-refractivity contribution in [3.05, 3.63) is 41.7 Å². The molecule has 1 aliphatic rings. The summed E-state index contributed by atoms with van der Waals surface area (Å²) in [5, 5.41) is 19.8. The monoisotopic (exact) mass is 502 g/mol. The van der Waals surface area contributed by atoms with E-state index < -0.39 is 17.9 Å². The van der Waals surface area contributed by atoms with Crippen LogP contribution in [0, 0.1) is 11.8 Å². The van der Waals surface area contributed by atoms with Crippen LogP contribution in [0.4, 0.5) is 0 Å². The summed E-state index contributed by atoms with van der Waals surface area (Å²) >= 11 is 0. The number of ether oxygens (including phenoxy) is 4. The van der Waals surface area contributed by atoms with Crippen molar-refractivity contribution >= 4 is 23.1 Å². The van der Waals surface area contributed by atoms with E-state index in [9.17, 15) is 15.0 Å². The van der Waals surface area contributed by atoms with Crippen molar-refractivity contribution in [2.45, 2.75) is 65.1 Å². The zero-order valence-electron chi connectivity index (χ0n) is 22.1. The molecule has 1 unspecified atom stereocenters. The van der Waals surface area contributed by atoms with Crippen molar-refractivity contribution in [1.82, 2.24) is 9.55 Å². The molecule has 0 amide bonds. The molecule has 1 aromatic carbocycles. The van der Waals surface area contributed by atoms with Gasteiger partial charge in [0, 0.05) is 31.7 Å². The number of aromatic nitrogens is 2. The van der Waals surface area contributed by atoms with Crippen molar-refractivity contribution < 1.29 is 34.0 Å². The maximum absolute atomic E-state index is 12.2. The summed E-state index contributed by atoms with van der Waals surface area (Å²) in [5.74, 6) is -1.56. The Balaban J connectivity index is 1.90. The van der Waals surface area contributed by atoms with E-state index in [1.807, 2.05) is 44.5 Å². The van der Waals surface area contributed by atoms with Gasteiger partial charge in [0.2, 0.25) is 0 Å². The number of hydrogen-bond acceptors (Lipinski definition) is 7. The van der Waals surface area contributed by atoms with Crippen LogP contribution in [0.5, 0.6) is 5.75 Å². The molecule has 198 valence electrons. The second kappa shape index (κ2) is 11.6. The zero-order chi connectivity index (χ0) is 26.6. The topological polar surface area (TPSA) is 112 Å². The number of methoxy groups -OCH3 is 1. The van der Waals surface area contributed by atoms with E-state index in [0.29, 0.717) is 17.5 Å². The Morgan fingerprint density at radius 3 is 2.64 bits per heavy atom. The Labute approximate surface area is 212 Å². The van der Waals surface area contributed by atoms with Crippen LogP contribution in [-0.2, 0) is 21.3 Å². The first-order valence-corrected chi connectivity index (χ1v) is 12.2. The van der Waals surface area contributed by atoms with Crippen molar-refractivity contribution in [3.8, 4) is 5.75 Å². The number of carbonyl (C=O) groups is 1. The first-order valence-electron chi connectivity index (χ1n) is 12.2. The molecular weight excluding hydrogens is 464 g/mol. The number of imidazole rings is 1. The van der Waals surface area contributed by atoms with Gasteiger partial charge in [-0.2, -0.15) is 0 Å². The molecule has 0 saturated carbocycles. The largest absolute Gasteiger partial charge is 0.478 e. The van der Waals surface area contributed by atoms with Crippen LogP contribution in [-0.4, -0.2) is 63.7 Å². The van der Waals surface area contributed by atoms with Gasteiger partial charge >= 0.3 is 5.97 Å².